The first-order valence-corrected chi connectivity index (χ1v) is 9.75. The number of rotatable bonds is 12. The molecule has 0 aromatic carbocycles. The molecule has 0 amide bonds. The molecule has 1 aliphatic carbocycles. The minimum absolute atomic E-state index is 0.106. The number of aliphatic hydroxyl groups excluding tert-OH is 1. The first kappa shape index (κ1) is 21.5. The van der Waals surface area contributed by atoms with Crippen molar-refractivity contribution in [3.63, 3.8) is 0 Å². The van der Waals surface area contributed by atoms with Crippen LogP contribution in [0.1, 0.15) is 78.1 Å². The Balaban J connectivity index is 2.33. The van der Waals surface area contributed by atoms with Crippen LogP contribution in [0.4, 0.5) is 0 Å². The van der Waals surface area contributed by atoms with Crippen LogP contribution in [0, 0.1) is 17.8 Å². The minimum Gasteiger partial charge on any atom is -0.512 e. The number of hydrogen-bond donors (Lipinski definition) is 2. The van der Waals surface area contributed by atoms with Crippen LogP contribution in [0.15, 0.2) is 24.0 Å². The van der Waals surface area contributed by atoms with Crippen molar-refractivity contribution in [3.8, 4) is 0 Å². The van der Waals surface area contributed by atoms with Crippen molar-refractivity contribution in [3.05, 3.63) is 24.0 Å². The van der Waals surface area contributed by atoms with Gasteiger partial charge in [0.2, 0.25) is 0 Å². The Morgan fingerprint density at radius 2 is 2.00 bits per heavy atom. The van der Waals surface area contributed by atoms with E-state index in [1.165, 1.54) is 19.3 Å². The van der Waals surface area contributed by atoms with Crippen LogP contribution in [-0.2, 0) is 9.59 Å². The monoisotopic (exact) mass is 350 g/mol. The number of hydrogen-bond acceptors (Lipinski definition) is 3. The molecule has 0 radical (unpaired) electrons. The van der Waals surface area contributed by atoms with Gasteiger partial charge in [-0.05, 0) is 44.1 Å². The van der Waals surface area contributed by atoms with E-state index in [0.29, 0.717) is 43.8 Å². The molecule has 0 aromatic heterocycles. The van der Waals surface area contributed by atoms with Gasteiger partial charge in [0.05, 0.1) is 11.7 Å². The first-order valence-electron chi connectivity index (χ1n) is 9.75. The second-order valence-corrected chi connectivity index (χ2v) is 7.29. The second kappa shape index (κ2) is 11.9. The standard InChI is InChI=1S/C21H34O4/c1-3-4-6-10-16(2)15-17(22)11-7-5-8-12-19(21(24)25)18-13-9-14-20(18)23/h5,7,15-16,18-19,22H,3-4,6,8-14H2,1-2H3,(H,24,25)/b7-5-,17-15+/t16?,18-,19+/m1/s1. The fraction of sp³-hybridized carbons (Fsp3) is 0.714. The molecule has 1 unspecified atom stereocenters. The van der Waals surface area contributed by atoms with E-state index in [-0.39, 0.29) is 11.7 Å². The molecule has 0 aliphatic heterocycles. The van der Waals surface area contributed by atoms with E-state index in [4.69, 9.17) is 0 Å². The number of carboxylic acid groups (broad SMARTS) is 1. The summed E-state index contributed by atoms with van der Waals surface area (Å²) in [6, 6.07) is 0. The highest BCUT2D eigenvalue weighted by Crippen LogP contribution is 2.31. The van der Waals surface area contributed by atoms with Gasteiger partial charge < -0.3 is 10.2 Å². The lowest BCUT2D eigenvalue weighted by Crippen LogP contribution is -2.26. The zero-order valence-corrected chi connectivity index (χ0v) is 15.7. The number of Topliss-reactive ketones (excluding diaryl/α,β-unsaturated/α-hetero) is 1. The Morgan fingerprint density at radius 3 is 2.60 bits per heavy atom. The molecule has 0 heterocycles. The van der Waals surface area contributed by atoms with Crippen molar-refractivity contribution >= 4 is 11.8 Å². The minimum atomic E-state index is -0.864. The molecule has 0 bridgehead atoms. The van der Waals surface area contributed by atoms with E-state index in [0.717, 1.165) is 12.8 Å². The molecule has 0 spiro atoms. The third-order valence-electron chi connectivity index (χ3n) is 5.03. The van der Waals surface area contributed by atoms with Gasteiger partial charge in [0.15, 0.2) is 0 Å². The number of ketones is 1. The molecule has 1 rings (SSSR count). The molecule has 25 heavy (non-hydrogen) atoms. The summed E-state index contributed by atoms with van der Waals surface area (Å²) < 4.78 is 0. The highest BCUT2D eigenvalue weighted by molar-refractivity contribution is 5.87. The zero-order chi connectivity index (χ0) is 18.7. The molecule has 1 saturated carbocycles. The summed E-state index contributed by atoms with van der Waals surface area (Å²) >= 11 is 0. The van der Waals surface area contributed by atoms with Gasteiger partial charge in [-0.2, -0.15) is 0 Å². The molecule has 2 N–H and O–H groups in total. The lowest BCUT2D eigenvalue weighted by molar-refractivity contribution is -0.146. The maximum absolute atomic E-state index is 11.8. The average molecular weight is 350 g/mol. The topological polar surface area (TPSA) is 74.6 Å². The Hall–Kier alpha value is -1.58. The largest absolute Gasteiger partial charge is 0.512 e. The maximum atomic E-state index is 11.8. The second-order valence-electron chi connectivity index (χ2n) is 7.29. The molecule has 0 saturated heterocycles. The summed E-state index contributed by atoms with van der Waals surface area (Å²) in [5, 5.41) is 19.3. The van der Waals surface area contributed by atoms with Gasteiger partial charge in [0.25, 0.3) is 0 Å². The Labute approximate surface area is 152 Å². The van der Waals surface area contributed by atoms with Crippen LogP contribution in [0.3, 0.4) is 0 Å². The van der Waals surface area contributed by atoms with Crippen molar-refractivity contribution in [2.45, 2.75) is 78.1 Å². The molecular formula is C21H34O4. The van der Waals surface area contributed by atoms with Crippen LogP contribution >= 0.6 is 0 Å². The summed E-state index contributed by atoms with van der Waals surface area (Å²) in [7, 11) is 0. The summed E-state index contributed by atoms with van der Waals surface area (Å²) in [6.07, 6.45) is 14.1. The maximum Gasteiger partial charge on any atom is 0.307 e. The molecule has 142 valence electrons. The highest BCUT2D eigenvalue weighted by atomic mass is 16.4. The molecule has 1 aliphatic rings. The van der Waals surface area contributed by atoms with Crippen molar-refractivity contribution in [1.82, 2.24) is 0 Å². The third kappa shape index (κ3) is 8.37. The Kier molecular flexibility index (Phi) is 10.2. The van der Waals surface area contributed by atoms with Crippen LogP contribution < -0.4 is 0 Å². The van der Waals surface area contributed by atoms with Crippen molar-refractivity contribution < 1.29 is 19.8 Å². The van der Waals surface area contributed by atoms with E-state index in [1.54, 1.807) is 0 Å². The molecule has 4 nitrogen and oxygen atoms in total. The van der Waals surface area contributed by atoms with Gasteiger partial charge in [0.1, 0.15) is 5.78 Å². The molecule has 4 heteroatoms. The van der Waals surface area contributed by atoms with Gasteiger partial charge >= 0.3 is 5.97 Å². The number of aliphatic hydroxyl groups is 1. The summed E-state index contributed by atoms with van der Waals surface area (Å²) in [4.78, 5) is 23.2. The lowest BCUT2D eigenvalue weighted by Gasteiger charge is -2.17. The number of carboxylic acids is 1. The average Bonchev–Trinajstić information content (AvgIpc) is 2.96. The van der Waals surface area contributed by atoms with E-state index >= 15 is 0 Å². The number of unbranched alkanes of at least 4 members (excludes halogenated alkanes) is 2. The van der Waals surface area contributed by atoms with Gasteiger partial charge in [-0.25, -0.2) is 0 Å². The van der Waals surface area contributed by atoms with Crippen molar-refractivity contribution in [2.24, 2.45) is 17.8 Å². The van der Waals surface area contributed by atoms with Crippen LogP contribution in [-0.4, -0.2) is 22.0 Å². The summed E-state index contributed by atoms with van der Waals surface area (Å²) in [6.45, 7) is 4.30. The quantitative estimate of drug-likeness (QED) is 0.279. The van der Waals surface area contributed by atoms with E-state index in [9.17, 15) is 19.8 Å². The van der Waals surface area contributed by atoms with Crippen molar-refractivity contribution in [2.75, 3.05) is 0 Å². The fourth-order valence-electron chi connectivity index (χ4n) is 3.56. The van der Waals surface area contributed by atoms with Crippen LogP contribution in [0.25, 0.3) is 0 Å². The van der Waals surface area contributed by atoms with Gasteiger partial charge in [-0.1, -0.05) is 45.3 Å². The van der Waals surface area contributed by atoms with E-state index in [2.05, 4.69) is 13.8 Å². The SMILES string of the molecule is CCCCCC(C)/C=C(/O)C/C=C\CC[C@H](C(=O)O)[C@H]1CCCC1=O. The smallest absolute Gasteiger partial charge is 0.307 e. The first-order chi connectivity index (χ1) is 12.0. The third-order valence-corrected chi connectivity index (χ3v) is 5.03. The summed E-state index contributed by atoms with van der Waals surface area (Å²) in [5.74, 6) is -0.873. The Bertz CT molecular complexity index is 478. The summed E-state index contributed by atoms with van der Waals surface area (Å²) in [5.41, 5.74) is 0. The predicted octanol–water partition coefficient (Wildman–Crippen LogP) is 5.44. The molecule has 1 fully saturated rings. The Morgan fingerprint density at radius 1 is 1.24 bits per heavy atom. The number of allylic oxidation sites excluding steroid dienone is 3. The van der Waals surface area contributed by atoms with Crippen molar-refractivity contribution in [1.29, 1.82) is 0 Å². The van der Waals surface area contributed by atoms with E-state index < -0.39 is 11.9 Å². The highest BCUT2D eigenvalue weighted by Gasteiger charge is 2.35. The van der Waals surface area contributed by atoms with Crippen LogP contribution in [0.2, 0.25) is 0 Å². The molecular weight excluding hydrogens is 316 g/mol. The molecule has 0 aromatic rings. The number of carbonyl (C=O) groups excluding carboxylic acids is 1. The number of aliphatic carboxylic acids is 1. The van der Waals surface area contributed by atoms with E-state index in [1.807, 2.05) is 18.2 Å². The normalized spacial score (nSPS) is 21.0. The molecule has 3 atom stereocenters. The number of carbonyl (C=O) groups is 2. The van der Waals surface area contributed by atoms with Gasteiger partial charge in [-0.3, -0.25) is 9.59 Å². The van der Waals surface area contributed by atoms with Crippen LogP contribution in [0.5, 0.6) is 0 Å². The lowest BCUT2D eigenvalue weighted by atomic mass is 9.86. The van der Waals surface area contributed by atoms with Gasteiger partial charge in [-0.15, -0.1) is 0 Å². The van der Waals surface area contributed by atoms with Gasteiger partial charge in [0, 0.05) is 18.8 Å². The predicted molar refractivity (Wildman–Crippen MR) is 100 cm³/mol. The zero-order valence-electron chi connectivity index (χ0n) is 15.7. The fourth-order valence-corrected chi connectivity index (χ4v) is 3.56.